The van der Waals surface area contributed by atoms with E-state index in [-0.39, 0.29) is 11.7 Å². The van der Waals surface area contributed by atoms with Crippen molar-refractivity contribution in [2.75, 3.05) is 18.0 Å². The van der Waals surface area contributed by atoms with Crippen molar-refractivity contribution in [2.24, 2.45) is 4.99 Å². The van der Waals surface area contributed by atoms with Crippen molar-refractivity contribution in [3.63, 3.8) is 0 Å². The van der Waals surface area contributed by atoms with Crippen molar-refractivity contribution >= 4 is 40.3 Å². The van der Waals surface area contributed by atoms with Gasteiger partial charge in [-0.15, -0.1) is 0 Å². The summed E-state index contributed by atoms with van der Waals surface area (Å²) in [7, 11) is 0. The third kappa shape index (κ3) is 4.32. The van der Waals surface area contributed by atoms with Gasteiger partial charge in [-0.2, -0.15) is 0 Å². The molecule has 0 radical (unpaired) electrons. The molecule has 26 heavy (non-hydrogen) atoms. The minimum Gasteiger partial charge on any atom is -0.372 e. The Labute approximate surface area is 156 Å². The molecule has 0 unspecified atom stereocenters. The van der Waals surface area contributed by atoms with Crippen molar-refractivity contribution in [3.05, 3.63) is 64.8 Å². The van der Waals surface area contributed by atoms with Crippen LogP contribution in [-0.4, -0.2) is 24.2 Å². The second-order valence-electron chi connectivity index (χ2n) is 5.72. The van der Waals surface area contributed by atoms with Crippen molar-refractivity contribution < 1.29 is 9.18 Å². The van der Waals surface area contributed by atoms with Crippen molar-refractivity contribution in [3.8, 4) is 0 Å². The first-order valence-electron chi connectivity index (χ1n) is 8.49. The number of hydrogen-bond acceptors (Lipinski definition) is 4. The summed E-state index contributed by atoms with van der Waals surface area (Å²) >= 11 is 1.28. The van der Waals surface area contributed by atoms with E-state index in [4.69, 9.17) is 0 Å². The molecule has 0 aliphatic carbocycles. The summed E-state index contributed by atoms with van der Waals surface area (Å²) in [5, 5.41) is 3.23. The monoisotopic (exact) mass is 369 g/mol. The second-order valence-corrected chi connectivity index (χ2v) is 6.75. The zero-order chi connectivity index (χ0) is 18.5. The summed E-state index contributed by atoms with van der Waals surface area (Å²) in [5.41, 5.74) is 2.72. The van der Waals surface area contributed by atoms with Crippen LogP contribution in [0.3, 0.4) is 0 Å². The maximum Gasteiger partial charge on any atom is 0.264 e. The highest BCUT2D eigenvalue weighted by atomic mass is 32.2. The van der Waals surface area contributed by atoms with Gasteiger partial charge in [-0.05, 0) is 73.6 Å². The van der Waals surface area contributed by atoms with E-state index in [9.17, 15) is 9.18 Å². The van der Waals surface area contributed by atoms with Crippen LogP contribution in [0.5, 0.6) is 0 Å². The van der Waals surface area contributed by atoms with Gasteiger partial charge in [0.15, 0.2) is 5.17 Å². The minimum absolute atomic E-state index is 0.177. The molecule has 2 aromatic rings. The zero-order valence-corrected chi connectivity index (χ0v) is 15.5. The number of thioether (sulfide) groups is 1. The Bertz CT molecular complexity index is 840. The summed E-state index contributed by atoms with van der Waals surface area (Å²) in [5.74, 6) is -0.491. The molecule has 4 nitrogen and oxygen atoms in total. The van der Waals surface area contributed by atoms with Crippen LogP contribution < -0.4 is 10.2 Å². The zero-order valence-electron chi connectivity index (χ0n) is 14.7. The van der Waals surface area contributed by atoms with Gasteiger partial charge in [0, 0.05) is 18.8 Å². The Morgan fingerprint density at radius 1 is 1.08 bits per heavy atom. The predicted molar refractivity (Wildman–Crippen MR) is 107 cm³/mol. The van der Waals surface area contributed by atoms with E-state index in [1.807, 2.05) is 18.2 Å². The Morgan fingerprint density at radius 2 is 1.73 bits per heavy atom. The Kier molecular flexibility index (Phi) is 5.73. The normalized spacial score (nSPS) is 17.0. The Morgan fingerprint density at radius 3 is 2.35 bits per heavy atom. The summed E-state index contributed by atoms with van der Waals surface area (Å²) < 4.78 is 13.0. The SMILES string of the molecule is CCN(CC)c1ccc(/C=C2\SC(=Nc3ccc(F)cc3)NC2=O)cc1. The van der Waals surface area contributed by atoms with Gasteiger partial charge in [-0.3, -0.25) is 4.79 Å². The molecule has 1 N–H and O–H groups in total. The molecular weight excluding hydrogens is 349 g/mol. The average molecular weight is 369 g/mol. The molecule has 1 heterocycles. The van der Waals surface area contributed by atoms with Gasteiger partial charge in [0.1, 0.15) is 5.82 Å². The molecule has 0 aromatic heterocycles. The molecular formula is C20H20FN3OS. The molecule has 1 saturated heterocycles. The molecule has 3 rings (SSSR count). The lowest BCUT2D eigenvalue weighted by Crippen LogP contribution is -2.21. The molecule has 2 aromatic carbocycles. The van der Waals surface area contributed by atoms with Gasteiger partial charge < -0.3 is 10.2 Å². The average Bonchev–Trinajstić information content (AvgIpc) is 2.98. The van der Waals surface area contributed by atoms with Crippen molar-refractivity contribution in [1.29, 1.82) is 0 Å². The highest BCUT2D eigenvalue weighted by molar-refractivity contribution is 8.18. The van der Waals surface area contributed by atoms with Crippen LogP contribution in [0.15, 0.2) is 58.4 Å². The van der Waals surface area contributed by atoms with Crippen LogP contribution in [0.4, 0.5) is 15.8 Å². The molecule has 0 spiro atoms. The number of amides is 1. The maximum atomic E-state index is 13.0. The molecule has 1 aliphatic rings. The molecule has 0 bridgehead atoms. The Hall–Kier alpha value is -2.60. The molecule has 0 atom stereocenters. The van der Waals surface area contributed by atoms with Crippen LogP contribution in [0.25, 0.3) is 6.08 Å². The number of anilines is 1. The van der Waals surface area contributed by atoms with E-state index in [1.165, 1.54) is 29.6 Å². The molecule has 1 aliphatic heterocycles. The fourth-order valence-electron chi connectivity index (χ4n) is 2.63. The maximum absolute atomic E-state index is 13.0. The van der Waals surface area contributed by atoms with Crippen LogP contribution in [0.1, 0.15) is 19.4 Å². The standard InChI is InChI=1S/C20H20FN3OS/c1-3-24(4-2)17-11-5-14(6-12-17)13-18-19(25)23-20(26-18)22-16-9-7-15(21)8-10-16/h5-13H,3-4H2,1-2H3,(H,22,23,25)/b18-13-. The first-order valence-corrected chi connectivity index (χ1v) is 9.31. The van der Waals surface area contributed by atoms with Crippen molar-refractivity contribution in [1.82, 2.24) is 5.32 Å². The van der Waals surface area contributed by atoms with Gasteiger partial charge in [-0.1, -0.05) is 12.1 Å². The number of hydrogen-bond donors (Lipinski definition) is 1. The van der Waals surface area contributed by atoms with Crippen molar-refractivity contribution in [2.45, 2.75) is 13.8 Å². The van der Waals surface area contributed by atoms with E-state index in [1.54, 1.807) is 12.1 Å². The number of nitrogens with zero attached hydrogens (tertiary/aromatic N) is 2. The molecule has 0 saturated carbocycles. The topological polar surface area (TPSA) is 44.7 Å². The van der Waals surface area contributed by atoms with Crippen LogP contribution in [0.2, 0.25) is 0 Å². The van der Waals surface area contributed by atoms with E-state index >= 15 is 0 Å². The fraction of sp³-hybridized carbons (Fsp3) is 0.200. The number of halogens is 1. The lowest BCUT2D eigenvalue weighted by molar-refractivity contribution is -0.115. The molecule has 6 heteroatoms. The molecule has 1 amide bonds. The van der Waals surface area contributed by atoms with E-state index in [0.29, 0.717) is 15.8 Å². The summed E-state index contributed by atoms with van der Waals surface area (Å²) in [4.78, 5) is 19.3. The number of rotatable bonds is 5. The lowest BCUT2D eigenvalue weighted by Gasteiger charge is -2.20. The third-order valence-electron chi connectivity index (χ3n) is 4.03. The molecule has 1 fully saturated rings. The van der Waals surface area contributed by atoms with Gasteiger partial charge in [-0.25, -0.2) is 9.38 Å². The third-order valence-corrected chi connectivity index (χ3v) is 4.94. The number of carbonyl (C=O) groups excluding carboxylic acids is 1. The van der Waals surface area contributed by atoms with Crippen LogP contribution in [0, 0.1) is 5.82 Å². The molecule has 134 valence electrons. The second kappa shape index (κ2) is 8.19. The quantitative estimate of drug-likeness (QED) is 0.786. The highest BCUT2D eigenvalue weighted by Crippen LogP contribution is 2.28. The van der Waals surface area contributed by atoms with Crippen LogP contribution in [-0.2, 0) is 4.79 Å². The Balaban J connectivity index is 1.75. The first-order chi connectivity index (χ1) is 12.6. The number of nitrogens with one attached hydrogen (secondary N) is 1. The van der Waals surface area contributed by atoms with Gasteiger partial charge in [0.05, 0.1) is 10.6 Å². The highest BCUT2D eigenvalue weighted by Gasteiger charge is 2.23. The number of benzene rings is 2. The predicted octanol–water partition coefficient (Wildman–Crippen LogP) is 4.56. The summed E-state index contributed by atoms with van der Waals surface area (Å²) in [6.45, 7) is 6.17. The van der Waals surface area contributed by atoms with Gasteiger partial charge in [0.25, 0.3) is 5.91 Å². The summed E-state index contributed by atoms with van der Waals surface area (Å²) in [6.07, 6.45) is 1.85. The summed E-state index contributed by atoms with van der Waals surface area (Å²) in [6, 6.07) is 14.0. The lowest BCUT2D eigenvalue weighted by atomic mass is 10.2. The number of amidine groups is 1. The van der Waals surface area contributed by atoms with E-state index < -0.39 is 0 Å². The van der Waals surface area contributed by atoms with E-state index in [2.05, 4.69) is 41.2 Å². The largest absolute Gasteiger partial charge is 0.372 e. The van der Waals surface area contributed by atoms with E-state index in [0.717, 1.165) is 18.7 Å². The number of carbonyl (C=O) groups is 1. The smallest absolute Gasteiger partial charge is 0.264 e. The fourth-order valence-corrected chi connectivity index (χ4v) is 3.48. The first kappa shape index (κ1) is 18.2. The van der Waals surface area contributed by atoms with Gasteiger partial charge in [0.2, 0.25) is 0 Å². The van der Waals surface area contributed by atoms with Crippen LogP contribution >= 0.6 is 11.8 Å². The number of aliphatic imine (C=N–C) groups is 1. The van der Waals surface area contributed by atoms with Gasteiger partial charge >= 0.3 is 0 Å². The minimum atomic E-state index is -0.314.